The number of benzene rings is 2. The predicted molar refractivity (Wildman–Crippen MR) is 111 cm³/mol. The molecule has 0 aliphatic carbocycles. The topological polar surface area (TPSA) is 98.1 Å². The molecule has 0 spiro atoms. The minimum atomic E-state index is -4.00. The highest BCUT2D eigenvalue weighted by Crippen LogP contribution is 2.45. The van der Waals surface area contributed by atoms with Crippen molar-refractivity contribution in [1.82, 2.24) is 8.87 Å². The Bertz CT molecular complexity index is 1250. The average molecular weight is 451 g/mol. The summed E-state index contributed by atoms with van der Waals surface area (Å²) in [5.74, 6) is 0.736. The fraction of sp³-hybridized carbons (Fsp3) is 0.250. The second-order valence-electron chi connectivity index (χ2n) is 6.80. The van der Waals surface area contributed by atoms with Crippen LogP contribution in [0.1, 0.15) is 18.5 Å². The Morgan fingerprint density at radius 1 is 1.30 bits per heavy atom. The zero-order chi connectivity index (χ0) is 21.6. The Balaban J connectivity index is 2.01. The van der Waals surface area contributed by atoms with E-state index in [0.717, 1.165) is 3.97 Å². The largest absolute Gasteiger partial charge is 0.493 e. The van der Waals surface area contributed by atoms with Crippen molar-refractivity contribution in [2.45, 2.75) is 17.9 Å². The van der Waals surface area contributed by atoms with E-state index in [1.807, 2.05) is 0 Å². The van der Waals surface area contributed by atoms with E-state index in [2.05, 4.69) is 0 Å². The van der Waals surface area contributed by atoms with Gasteiger partial charge >= 0.3 is 6.09 Å². The summed E-state index contributed by atoms with van der Waals surface area (Å²) in [4.78, 5) is 12.9. The van der Waals surface area contributed by atoms with Gasteiger partial charge in [0.05, 0.1) is 30.2 Å². The third-order valence-corrected chi connectivity index (χ3v) is 7.41. The summed E-state index contributed by atoms with van der Waals surface area (Å²) >= 11 is 6.14. The fourth-order valence-electron chi connectivity index (χ4n) is 3.78. The Labute approximate surface area is 178 Å². The molecule has 30 heavy (non-hydrogen) atoms. The van der Waals surface area contributed by atoms with Crippen molar-refractivity contribution in [3.8, 4) is 11.5 Å². The summed E-state index contributed by atoms with van der Waals surface area (Å²) in [6.07, 6.45) is 0.337. The van der Waals surface area contributed by atoms with Crippen molar-refractivity contribution in [3.63, 3.8) is 0 Å². The van der Waals surface area contributed by atoms with Crippen molar-refractivity contribution >= 4 is 38.6 Å². The first kappa shape index (κ1) is 20.4. The zero-order valence-electron chi connectivity index (χ0n) is 16.2. The van der Waals surface area contributed by atoms with Crippen LogP contribution in [0.2, 0.25) is 5.02 Å². The number of methoxy groups -OCH3 is 1. The lowest BCUT2D eigenvalue weighted by Crippen LogP contribution is -2.33. The lowest BCUT2D eigenvalue weighted by Gasteiger charge is -2.24. The van der Waals surface area contributed by atoms with Crippen molar-refractivity contribution in [1.29, 1.82) is 0 Å². The van der Waals surface area contributed by atoms with Crippen LogP contribution in [0, 0.1) is 0 Å². The summed E-state index contributed by atoms with van der Waals surface area (Å²) < 4.78 is 39.0. The van der Waals surface area contributed by atoms with Crippen molar-refractivity contribution < 1.29 is 27.8 Å². The first-order valence-corrected chi connectivity index (χ1v) is 10.9. The second kappa shape index (κ2) is 7.41. The first-order chi connectivity index (χ1) is 14.3. The maximum absolute atomic E-state index is 13.3. The standard InChI is InChI=1S/C20H19ClN2O6S/c1-12-18-13-7-8-23(30(26,27)17-6-4-3-5-14(17)21)15(13)11-16(28-2)19(18)29-10-9-22(12)20(24)25/h3-8,11-12H,9-10H2,1-2H3,(H,24,25). The molecule has 2 heterocycles. The minimum absolute atomic E-state index is 0.0328. The van der Waals surface area contributed by atoms with E-state index in [1.54, 1.807) is 31.2 Å². The van der Waals surface area contributed by atoms with Crippen molar-refractivity contribution in [2.24, 2.45) is 0 Å². The Kier molecular flexibility index (Phi) is 5.03. The number of aromatic nitrogens is 1. The van der Waals surface area contributed by atoms with Crippen LogP contribution in [0.5, 0.6) is 11.5 Å². The summed E-state index contributed by atoms with van der Waals surface area (Å²) in [6.45, 7) is 2.07. The minimum Gasteiger partial charge on any atom is -0.493 e. The van der Waals surface area contributed by atoms with Crippen LogP contribution in [-0.2, 0) is 10.0 Å². The molecule has 1 aromatic heterocycles. The second-order valence-corrected chi connectivity index (χ2v) is 8.99. The molecule has 1 atom stereocenters. The highest BCUT2D eigenvalue weighted by atomic mass is 35.5. The number of carboxylic acid groups (broad SMARTS) is 1. The van der Waals surface area contributed by atoms with Crippen molar-refractivity contribution in [3.05, 3.63) is 53.2 Å². The van der Waals surface area contributed by atoms with E-state index < -0.39 is 22.2 Å². The number of halogens is 1. The number of hydrogen-bond donors (Lipinski definition) is 1. The molecular formula is C20H19ClN2O6S. The normalized spacial score (nSPS) is 16.6. The summed E-state index contributed by atoms with van der Waals surface area (Å²) in [5, 5.41) is 10.3. The van der Waals surface area contributed by atoms with E-state index in [-0.39, 0.29) is 23.1 Å². The van der Waals surface area contributed by atoms with Crippen LogP contribution in [0.25, 0.3) is 10.9 Å². The van der Waals surface area contributed by atoms with Gasteiger partial charge in [-0.1, -0.05) is 23.7 Å². The molecular weight excluding hydrogens is 432 g/mol. The van der Waals surface area contributed by atoms with Gasteiger partial charge in [-0.15, -0.1) is 0 Å². The maximum Gasteiger partial charge on any atom is 0.407 e. The van der Waals surface area contributed by atoms with Crippen LogP contribution in [0.15, 0.2) is 47.5 Å². The Morgan fingerprint density at radius 2 is 2.03 bits per heavy atom. The molecule has 0 saturated carbocycles. The Morgan fingerprint density at radius 3 is 2.70 bits per heavy atom. The quantitative estimate of drug-likeness (QED) is 0.648. The maximum atomic E-state index is 13.3. The molecule has 0 radical (unpaired) electrons. The highest BCUT2D eigenvalue weighted by Gasteiger charge is 2.32. The molecule has 1 N–H and O–H groups in total. The van der Waals surface area contributed by atoms with Crippen LogP contribution < -0.4 is 9.47 Å². The van der Waals surface area contributed by atoms with Gasteiger partial charge in [0.2, 0.25) is 0 Å². The molecule has 1 aliphatic heterocycles. The van der Waals surface area contributed by atoms with Gasteiger partial charge in [-0.3, -0.25) is 4.90 Å². The molecule has 0 bridgehead atoms. The number of carbonyl (C=O) groups is 1. The average Bonchev–Trinajstić information content (AvgIpc) is 3.05. The predicted octanol–water partition coefficient (Wildman–Crippen LogP) is 3.97. The number of fused-ring (bicyclic) bond motifs is 3. The lowest BCUT2D eigenvalue weighted by atomic mass is 10.0. The summed E-state index contributed by atoms with van der Waals surface area (Å²) in [7, 11) is -2.55. The van der Waals surface area contributed by atoms with Gasteiger partial charge < -0.3 is 14.6 Å². The molecule has 4 rings (SSSR count). The molecule has 10 heteroatoms. The molecule has 3 aromatic rings. The van der Waals surface area contributed by atoms with Gasteiger partial charge in [0.25, 0.3) is 10.0 Å². The lowest BCUT2D eigenvalue weighted by molar-refractivity contribution is 0.124. The molecule has 2 aromatic carbocycles. The smallest absolute Gasteiger partial charge is 0.407 e. The molecule has 0 fully saturated rings. The monoisotopic (exact) mass is 450 g/mol. The third kappa shape index (κ3) is 3.05. The number of ether oxygens (including phenoxy) is 2. The SMILES string of the molecule is COc1cc2c(ccn2S(=O)(=O)c2ccccc2Cl)c2c1OCCN(C(=O)O)C2C. The first-order valence-electron chi connectivity index (χ1n) is 9.11. The number of hydrogen-bond acceptors (Lipinski definition) is 5. The van der Waals surface area contributed by atoms with E-state index >= 15 is 0 Å². The van der Waals surface area contributed by atoms with Gasteiger partial charge in [-0.2, -0.15) is 0 Å². The van der Waals surface area contributed by atoms with E-state index in [1.165, 1.54) is 30.3 Å². The van der Waals surface area contributed by atoms with Crippen LogP contribution in [0.4, 0.5) is 4.79 Å². The number of amides is 1. The van der Waals surface area contributed by atoms with E-state index in [9.17, 15) is 18.3 Å². The van der Waals surface area contributed by atoms with E-state index in [0.29, 0.717) is 28.0 Å². The van der Waals surface area contributed by atoms with Gasteiger partial charge in [0.1, 0.15) is 11.5 Å². The van der Waals surface area contributed by atoms with Gasteiger partial charge in [-0.05, 0) is 25.1 Å². The fourth-order valence-corrected chi connectivity index (χ4v) is 5.62. The zero-order valence-corrected chi connectivity index (χ0v) is 17.8. The number of nitrogens with zero attached hydrogens (tertiary/aromatic N) is 2. The molecule has 1 unspecified atom stereocenters. The van der Waals surface area contributed by atoms with Gasteiger partial charge in [-0.25, -0.2) is 17.2 Å². The van der Waals surface area contributed by atoms with Crippen LogP contribution >= 0.6 is 11.6 Å². The number of rotatable bonds is 3. The molecule has 158 valence electrons. The molecule has 1 amide bonds. The molecule has 1 aliphatic rings. The third-order valence-electron chi connectivity index (χ3n) is 5.22. The van der Waals surface area contributed by atoms with Crippen molar-refractivity contribution in [2.75, 3.05) is 20.3 Å². The highest BCUT2D eigenvalue weighted by molar-refractivity contribution is 7.90. The molecule has 0 saturated heterocycles. The molecule has 8 nitrogen and oxygen atoms in total. The Hall–Kier alpha value is -2.91. The summed E-state index contributed by atoms with van der Waals surface area (Å²) in [5.41, 5.74) is 0.894. The summed E-state index contributed by atoms with van der Waals surface area (Å²) in [6, 6.07) is 8.82. The van der Waals surface area contributed by atoms with Gasteiger partial charge in [0, 0.05) is 23.2 Å². The van der Waals surface area contributed by atoms with Gasteiger partial charge in [0.15, 0.2) is 11.5 Å². The van der Waals surface area contributed by atoms with Crippen LogP contribution in [-0.4, -0.2) is 48.8 Å². The van der Waals surface area contributed by atoms with E-state index in [4.69, 9.17) is 21.1 Å². The van der Waals surface area contributed by atoms with Crippen LogP contribution in [0.3, 0.4) is 0 Å².